The molecule has 4 bridgehead atoms. The van der Waals surface area contributed by atoms with Crippen molar-refractivity contribution in [3.05, 3.63) is 23.3 Å². The number of likely N-dealkylation sites (tertiary alicyclic amines) is 1. The Morgan fingerprint density at radius 1 is 1.26 bits per heavy atom. The fourth-order valence-electron chi connectivity index (χ4n) is 9.21. The lowest BCUT2D eigenvalue weighted by Gasteiger charge is -2.73. The van der Waals surface area contributed by atoms with Crippen molar-refractivity contribution in [1.82, 2.24) is 4.90 Å². The fraction of sp³-hybridized carbons (Fsp3) is 0.750. The second-order valence-corrected chi connectivity index (χ2v) is 12.1. The minimum absolute atomic E-state index is 0.0762. The predicted molar refractivity (Wildman–Crippen MR) is 130 cm³/mol. The van der Waals surface area contributed by atoms with Crippen LogP contribution in [0.1, 0.15) is 56.6 Å². The summed E-state index contributed by atoms with van der Waals surface area (Å²) < 4.78 is 25.1. The van der Waals surface area contributed by atoms with Crippen LogP contribution >= 0.6 is 0 Å². The van der Waals surface area contributed by atoms with Crippen molar-refractivity contribution < 1.29 is 23.7 Å². The Bertz CT molecular complexity index is 1070. The zero-order valence-corrected chi connectivity index (χ0v) is 21.2. The number of hydrogen-bond donors (Lipinski definition) is 1. The van der Waals surface area contributed by atoms with Crippen LogP contribution in [0, 0.1) is 17.3 Å². The molecule has 7 aliphatic rings. The quantitative estimate of drug-likeness (QED) is 0.599. The summed E-state index contributed by atoms with van der Waals surface area (Å²) in [7, 11) is 3.56. The van der Waals surface area contributed by atoms with E-state index in [4.69, 9.17) is 24.7 Å². The summed E-state index contributed by atoms with van der Waals surface area (Å²) in [4.78, 5) is 15.2. The number of carbonyl (C=O) groups excluding carboxylic acids is 1. The highest BCUT2D eigenvalue weighted by Crippen LogP contribution is 2.76. The van der Waals surface area contributed by atoms with E-state index in [2.05, 4.69) is 17.0 Å². The van der Waals surface area contributed by atoms with Gasteiger partial charge in [0.05, 0.1) is 13.7 Å². The van der Waals surface area contributed by atoms with Gasteiger partial charge in [-0.1, -0.05) is 6.07 Å². The summed E-state index contributed by atoms with van der Waals surface area (Å²) in [5, 5.41) is 0. The third kappa shape index (κ3) is 2.65. The van der Waals surface area contributed by atoms with Crippen LogP contribution in [-0.4, -0.2) is 68.6 Å². The number of nitrogens with zero attached hydrogens (tertiary/aromatic N) is 1. The van der Waals surface area contributed by atoms with Crippen LogP contribution in [0.5, 0.6) is 11.5 Å². The second-order valence-electron chi connectivity index (χ2n) is 12.1. The standard InChI is InChI=1S/C28H38N2O5/c1-16(29)24(31)34-15-19-13-26-8-9-28(19,33-3)25-27(26)10-11-30(14-17-4-5-17)21(26)12-18-6-7-20(32-2)23(35-25)22(18)27/h6-7,16-17,19,21,25H,4-5,8-15,29H2,1-3H3/t16?,19-,21-,25-,26-,27+,28+/m1/s1. The van der Waals surface area contributed by atoms with E-state index in [-0.39, 0.29) is 28.8 Å². The van der Waals surface area contributed by atoms with Crippen LogP contribution in [0.15, 0.2) is 12.1 Å². The maximum Gasteiger partial charge on any atom is 0.322 e. The highest BCUT2D eigenvalue weighted by molar-refractivity contribution is 5.75. The van der Waals surface area contributed by atoms with E-state index in [9.17, 15) is 4.79 Å². The van der Waals surface area contributed by atoms with Crippen molar-refractivity contribution in [3.63, 3.8) is 0 Å². The lowest BCUT2D eigenvalue weighted by molar-refractivity contribution is -0.282. The summed E-state index contributed by atoms with van der Waals surface area (Å²) in [5.74, 6) is 2.35. The molecule has 7 heteroatoms. The first-order valence-corrected chi connectivity index (χ1v) is 13.5. The molecule has 2 aliphatic heterocycles. The molecule has 1 aromatic carbocycles. The molecule has 0 aromatic heterocycles. The summed E-state index contributed by atoms with van der Waals surface area (Å²) in [6.45, 7) is 4.34. The van der Waals surface area contributed by atoms with Crippen LogP contribution in [0.4, 0.5) is 0 Å². The molecule has 5 aliphatic carbocycles. The Labute approximate surface area is 207 Å². The van der Waals surface area contributed by atoms with E-state index in [0.717, 1.165) is 56.1 Å². The minimum atomic E-state index is -0.624. The third-order valence-corrected chi connectivity index (χ3v) is 10.8. The zero-order valence-electron chi connectivity index (χ0n) is 21.2. The first kappa shape index (κ1) is 22.4. The summed E-state index contributed by atoms with van der Waals surface area (Å²) in [5.41, 5.74) is 8.16. The van der Waals surface area contributed by atoms with E-state index in [0.29, 0.717) is 12.6 Å². The number of hydrogen-bond acceptors (Lipinski definition) is 7. The van der Waals surface area contributed by atoms with Crippen molar-refractivity contribution in [3.8, 4) is 11.5 Å². The summed E-state index contributed by atoms with van der Waals surface area (Å²) in [6.07, 6.45) is 7.83. The fourth-order valence-corrected chi connectivity index (χ4v) is 9.21. The van der Waals surface area contributed by atoms with E-state index in [1.165, 1.54) is 30.5 Å². The number of rotatable bonds is 7. The van der Waals surface area contributed by atoms with Crippen LogP contribution in [0.2, 0.25) is 0 Å². The highest BCUT2D eigenvalue weighted by Gasteiger charge is 2.80. The average molecular weight is 483 g/mol. The summed E-state index contributed by atoms with van der Waals surface area (Å²) >= 11 is 0. The lowest BCUT2D eigenvalue weighted by atomic mass is 9.35. The molecule has 1 unspecified atom stereocenters. The van der Waals surface area contributed by atoms with E-state index in [1.54, 1.807) is 14.0 Å². The van der Waals surface area contributed by atoms with E-state index in [1.807, 2.05) is 7.11 Å². The third-order valence-electron chi connectivity index (χ3n) is 10.8. The number of benzene rings is 1. The van der Waals surface area contributed by atoms with Gasteiger partial charge in [-0.3, -0.25) is 9.69 Å². The van der Waals surface area contributed by atoms with Gasteiger partial charge in [0.15, 0.2) is 11.5 Å². The maximum atomic E-state index is 12.4. The average Bonchev–Trinajstić information content (AvgIpc) is 3.61. The first-order valence-electron chi connectivity index (χ1n) is 13.5. The van der Waals surface area contributed by atoms with Crippen molar-refractivity contribution >= 4 is 5.97 Å². The van der Waals surface area contributed by atoms with Crippen molar-refractivity contribution in [2.45, 2.75) is 81.1 Å². The molecule has 1 saturated heterocycles. The molecule has 7 nitrogen and oxygen atoms in total. The number of methoxy groups -OCH3 is 2. The largest absolute Gasteiger partial charge is 0.493 e. The van der Waals surface area contributed by atoms with Gasteiger partial charge in [-0.25, -0.2) is 0 Å². The molecule has 0 amide bonds. The van der Waals surface area contributed by atoms with Gasteiger partial charge in [0.1, 0.15) is 17.7 Å². The van der Waals surface area contributed by atoms with Crippen molar-refractivity contribution in [1.29, 1.82) is 0 Å². The smallest absolute Gasteiger partial charge is 0.322 e. The normalized spacial score (nSPS) is 41.2. The molecule has 2 N–H and O–H groups in total. The number of fused-ring (bicyclic) bond motifs is 2. The Balaban J connectivity index is 1.38. The Kier molecular flexibility index (Phi) is 4.70. The van der Waals surface area contributed by atoms with Crippen LogP contribution in [-0.2, 0) is 26.1 Å². The minimum Gasteiger partial charge on any atom is -0.493 e. The van der Waals surface area contributed by atoms with Gasteiger partial charge in [0.2, 0.25) is 0 Å². The molecular formula is C28H38N2O5. The number of esters is 1. The van der Waals surface area contributed by atoms with Gasteiger partial charge in [0, 0.05) is 42.0 Å². The van der Waals surface area contributed by atoms with Gasteiger partial charge in [-0.2, -0.15) is 0 Å². The van der Waals surface area contributed by atoms with Crippen LogP contribution in [0.3, 0.4) is 0 Å². The molecule has 1 aromatic rings. The van der Waals surface area contributed by atoms with Crippen molar-refractivity contribution in [2.75, 3.05) is 33.9 Å². The molecule has 0 radical (unpaired) electrons. The van der Waals surface area contributed by atoms with Gasteiger partial charge >= 0.3 is 5.97 Å². The Hall–Kier alpha value is -1.83. The number of carbonyl (C=O) groups is 1. The number of nitrogens with two attached hydrogens (primary N) is 1. The van der Waals surface area contributed by atoms with Crippen molar-refractivity contribution in [2.24, 2.45) is 23.0 Å². The van der Waals surface area contributed by atoms with Gasteiger partial charge in [-0.15, -0.1) is 0 Å². The van der Waals surface area contributed by atoms with Crippen LogP contribution in [0.25, 0.3) is 0 Å². The molecule has 190 valence electrons. The van der Waals surface area contributed by atoms with Crippen LogP contribution < -0.4 is 15.2 Å². The Morgan fingerprint density at radius 3 is 2.80 bits per heavy atom. The van der Waals surface area contributed by atoms with Gasteiger partial charge in [-0.05, 0) is 76.0 Å². The molecule has 5 fully saturated rings. The zero-order chi connectivity index (χ0) is 24.2. The first-order chi connectivity index (χ1) is 16.9. The SMILES string of the molecule is COc1ccc2c3c1O[C@H]1[C@]4(OC)CC[C@@]5(C[C@@H]4COC(=O)C(C)N)[C@@H](C2)N(CC2CC2)CC[C@]315. The molecule has 2 heterocycles. The van der Waals surface area contributed by atoms with Gasteiger partial charge in [0.25, 0.3) is 0 Å². The topological polar surface area (TPSA) is 83.2 Å². The summed E-state index contributed by atoms with van der Waals surface area (Å²) in [6, 6.07) is 4.23. The van der Waals surface area contributed by atoms with Gasteiger partial charge < -0.3 is 24.7 Å². The molecule has 2 spiro atoms. The second kappa shape index (κ2) is 7.36. The molecule has 7 atom stereocenters. The number of ether oxygens (including phenoxy) is 4. The van der Waals surface area contributed by atoms with E-state index < -0.39 is 11.6 Å². The van der Waals surface area contributed by atoms with E-state index >= 15 is 0 Å². The lowest BCUT2D eigenvalue weighted by Crippen LogP contribution is -2.81. The monoisotopic (exact) mass is 482 g/mol. The predicted octanol–water partition coefficient (Wildman–Crippen LogP) is 2.81. The maximum absolute atomic E-state index is 12.4. The molecule has 8 rings (SSSR count). The molecule has 35 heavy (non-hydrogen) atoms. The Morgan fingerprint density at radius 2 is 2.09 bits per heavy atom. The number of piperidine rings is 1. The molecule has 4 saturated carbocycles. The highest BCUT2D eigenvalue weighted by atomic mass is 16.6. The molecular weight excluding hydrogens is 444 g/mol.